The van der Waals surface area contributed by atoms with E-state index in [1.165, 1.54) is 11.1 Å². The van der Waals surface area contributed by atoms with Crippen molar-refractivity contribution in [1.82, 2.24) is 10.2 Å². The summed E-state index contributed by atoms with van der Waals surface area (Å²) in [6.45, 7) is 0.116. The second-order valence-corrected chi connectivity index (χ2v) is 6.46. The van der Waals surface area contributed by atoms with E-state index in [0.717, 1.165) is 38.5 Å². The van der Waals surface area contributed by atoms with Crippen LogP contribution in [0.25, 0.3) is 0 Å². The largest absolute Gasteiger partial charge is 0.347 e. The van der Waals surface area contributed by atoms with Crippen LogP contribution in [-0.4, -0.2) is 30.3 Å². The number of hydrogen-bond acceptors (Lipinski definition) is 2. The van der Waals surface area contributed by atoms with Crippen molar-refractivity contribution < 1.29 is 9.59 Å². The Hall–Kier alpha value is -1.84. The molecule has 1 aromatic rings. The molecule has 2 aliphatic rings. The van der Waals surface area contributed by atoms with Crippen LogP contribution < -0.4 is 5.32 Å². The average molecular weight is 300 g/mol. The Bertz CT molecular complexity index is 564. The lowest BCUT2D eigenvalue weighted by Gasteiger charge is -2.26. The summed E-state index contributed by atoms with van der Waals surface area (Å²) in [6, 6.07) is 8.46. The highest BCUT2D eigenvalue weighted by atomic mass is 16.2. The van der Waals surface area contributed by atoms with Crippen molar-refractivity contribution in [1.29, 1.82) is 0 Å². The van der Waals surface area contributed by atoms with Crippen LogP contribution in [0.1, 0.15) is 49.3 Å². The van der Waals surface area contributed by atoms with E-state index in [2.05, 4.69) is 17.4 Å². The van der Waals surface area contributed by atoms with Crippen molar-refractivity contribution in [3.05, 3.63) is 35.4 Å². The smallest absolute Gasteiger partial charge is 0.242 e. The van der Waals surface area contributed by atoms with Gasteiger partial charge >= 0.3 is 0 Å². The van der Waals surface area contributed by atoms with E-state index in [0.29, 0.717) is 0 Å². The van der Waals surface area contributed by atoms with E-state index in [1.54, 1.807) is 4.90 Å². The van der Waals surface area contributed by atoms with Crippen molar-refractivity contribution in [2.45, 2.75) is 44.6 Å². The van der Waals surface area contributed by atoms with Crippen LogP contribution in [0, 0.1) is 5.92 Å². The van der Waals surface area contributed by atoms with Crippen LogP contribution in [0.4, 0.5) is 0 Å². The van der Waals surface area contributed by atoms with Crippen molar-refractivity contribution >= 4 is 11.8 Å². The first-order valence-electron chi connectivity index (χ1n) is 8.28. The maximum Gasteiger partial charge on any atom is 0.242 e. The minimum Gasteiger partial charge on any atom is -0.347 e. The number of aryl methyl sites for hydroxylation is 1. The molecule has 3 rings (SSSR count). The molecular weight excluding hydrogens is 276 g/mol. The van der Waals surface area contributed by atoms with Gasteiger partial charge in [0, 0.05) is 13.0 Å². The van der Waals surface area contributed by atoms with Gasteiger partial charge in [-0.05, 0) is 36.8 Å². The zero-order chi connectivity index (χ0) is 15.5. The average Bonchev–Trinajstić information content (AvgIpc) is 3.20. The molecule has 0 bridgehead atoms. The van der Waals surface area contributed by atoms with Gasteiger partial charge in [0.25, 0.3) is 0 Å². The zero-order valence-electron chi connectivity index (χ0n) is 13.2. The summed E-state index contributed by atoms with van der Waals surface area (Å²) in [5.74, 6) is 0.157. The Kier molecular flexibility index (Phi) is 4.46. The van der Waals surface area contributed by atoms with E-state index in [4.69, 9.17) is 0 Å². The molecule has 1 unspecified atom stereocenters. The predicted octanol–water partition coefficient (Wildman–Crippen LogP) is 2.44. The van der Waals surface area contributed by atoms with Gasteiger partial charge in [-0.25, -0.2) is 0 Å². The minimum absolute atomic E-state index is 0.00644. The molecule has 1 saturated carbocycles. The lowest BCUT2D eigenvalue weighted by Crippen LogP contribution is -2.41. The van der Waals surface area contributed by atoms with Crippen molar-refractivity contribution in [2.75, 3.05) is 13.6 Å². The zero-order valence-corrected chi connectivity index (χ0v) is 13.2. The summed E-state index contributed by atoms with van der Waals surface area (Å²) in [4.78, 5) is 26.2. The second kappa shape index (κ2) is 6.51. The molecule has 1 fully saturated rings. The third kappa shape index (κ3) is 3.01. The van der Waals surface area contributed by atoms with E-state index < -0.39 is 0 Å². The van der Waals surface area contributed by atoms with Crippen LogP contribution in [0.15, 0.2) is 24.3 Å². The summed E-state index contributed by atoms with van der Waals surface area (Å²) in [7, 11) is 1.84. The number of likely N-dealkylation sites (N-methyl/N-ethyl adjacent to an activating group) is 1. The summed E-state index contributed by atoms with van der Waals surface area (Å²) < 4.78 is 0. The van der Waals surface area contributed by atoms with Gasteiger partial charge in [0.2, 0.25) is 11.8 Å². The topological polar surface area (TPSA) is 49.4 Å². The van der Waals surface area contributed by atoms with Crippen LogP contribution >= 0.6 is 0 Å². The predicted molar refractivity (Wildman–Crippen MR) is 85.2 cm³/mol. The normalized spacial score (nSPS) is 20.7. The van der Waals surface area contributed by atoms with E-state index in [-0.39, 0.29) is 30.3 Å². The molecule has 4 heteroatoms. The third-order valence-corrected chi connectivity index (χ3v) is 5.10. The second-order valence-electron chi connectivity index (χ2n) is 6.46. The summed E-state index contributed by atoms with van der Waals surface area (Å²) in [5.41, 5.74) is 2.59. The van der Waals surface area contributed by atoms with Crippen LogP contribution in [-0.2, 0) is 16.0 Å². The lowest BCUT2D eigenvalue weighted by atomic mass is 10.1. The van der Waals surface area contributed by atoms with Crippen LogP contribution in [0.3, 0.4) is 0 Å². The molecule has 0 heterocycles. The van der Waals surface area contributed by atoms with Crippen molar-refractivity contribution in [3.8, 4) is 0 Å². The fourth-order valence-corrected chi connectivity index (χ4v) is 3.73. The molecule has 1 atom stereocenters. The standard InChI is InChI=1S/C18H24N2O2/c1-20(16-11-10-13-6-4-5-9-15(13)16)17(21)12-19-18(22)14-7-2-3-8-14/h4-6,9,14,16H,2-3,7-8,10-12H2,1H3,(H,19,22). The monoisotopic (exact) mass is 300 g/mol. The Labute approximate surface area is 131 Å². The minimum atomic E-state index is -0.00644. The van der Waals surface area contributed by atoms with E-state index >= 15 is 0 Å². The van der Waals surface area contributed by atoms with Gasteiger partial charge in [0.15, 0.2) is 0 Å². The number of benzene rings is 1. The molecule has 4 nitrogen and oxygen atoms in total. The highest BCUT2D eigenvalue weighted by Gasteiger charge is 2.29. The molecular formula is C18H24N2O2. The number of amides is 2. The van der Waals surface area contributed by atoms with E-state index in [1.807, 2.05) is 19.2 Å². The molecule has 2 amide bonds. The number of rotatable bonds is 4. The molecule has 0 aliphatic heterocycles. The Balaban J connectivity index is 1.55. The molecule has 1 aromatic carbocycles. The van der Waals surface area contributed by atoms with Gasteiger partial charge in [-0.3, -0.25) is 9.59 Å². The number of nitrogens with zero attached hydrogens (tertiary/aromatic N) is 1. The third-order valence-electron chi connectivity index (χ3n) is 5.10. The first kappa shape index (κ1) is 15.1. The fraction of sp³-hybridized carbons (Fsp3) is 0.556. The number of hydrogen-bond donors (Lipinski definition) is 1. The van der Waals surface area contributed by atoms with Crippen molar-refractivity contribution in [3.63, 3.8) is 0 Å². The number of fused-ring (bicyclic) bond motifs is 1. The van der Waals surface area contributed by atoms with E-state index in [9.17, 15) is 9.59 Å². The van der Waals surface area contributed by atoms with Gasteiger partial charge in [0.05, 0.1) is 12.6 Å². The Morgan fingerprint density at radius 2 is 1.91 bits per heavy atom. The van der Waals surface area contributed by atoms with Crippen LogP contribution in [0.2, 0.25) is 0 Å². The van der Waals surface area contributed by atoms with Gasteiger partial charge in [-0.15, -0.1) is 0 Å². The summed E-state index contributed by atoms with van der Waals surface area (Å²) in [5, 5.41) is 2.82. The quantitative estimate of drug-likeness (QED) is 0.928. The maximum absolute atomic E-state index is 12.4. The molecule has 0 aromatic heterocycles. The number of nitrogens with one attached hydrogen (secondary N) is 1. The number of carbonyl (C=O) groups excluding carboxylic acids is 2. The lowest BCUT2D eigenvalue weighted by molar-refractivity contribution is -0.134. The Morgan fingerprint density at radius 1 is 1.18 bits per heavy atom. The van der Waals surface area contributed by atoms with Gasteiger partial charge in [-0.1, -0.05) is 37.1 Å². The van der Waals surface area contributed by atoms with Crippen molar-refractivity contribution in [2.24, 2.45) is 5.92 Å². The molecule has 0 spiro atoms. The van der Waals surface area contributed by atoms with Gasteiger partial charge in [-0.2, -0.15) is 0 Å². The van der Waals surface area contributed by atoms with Gasteiger partial charge < -0.3 is 10.2 Å². The molecule has 118 valence electrons. The first-order chi connectivity index (χ1) is 10.7. The Morgan fingerprint density at radius 3 is 2.68 bits per heavy atom. The fourth-order valence-electron chi connectivity index (χ4n) is 3.73. The molecule has 1 N–H and O–H groups in total. The highest BCUT2D eigenvalue weighted by Crippen LogP contribution is 2.34. The highest BCUT2D eigenvalue weighted by molar-refractivity contribution is 5.86. The maximum atomic E-state index is 12.4. The molecule has 2 aliphatic carbocycles. The molecule has 0 saturated heterocycles. The molecule has 22 heavy (non-hydrogen) atoms. The summed E-state index contributed by atoms with van der Waals surface area (Å²) in [6.07, 6.45) is 6.18. The summed E-state index contributed by atoms with van der Waals surface area (Å²) >= 11 is 0. The van der Waals surface area contributed by atoms with Gasteiger partial charge in [0.1, 0.15) is 0 Å². The first-order valence-corrected chi connectivity index (χ1v) is 8.28. The number of carbonyl (C=O) groups is 2. The van der Waals surface area contributed by atoms with Crippen LogP contribution in [0.5, 0.6) is 0 Å². The molecule has 0 radical (unpaired) electrons. The SMILES string of the molecule is CN(C(=O)CNC(=O)C1CCCC1)C1CCc2ccccc21.